The van der Waals surface area contributed by atoms with Gasteiger partial charge in [-0.05, 0) is 65.0 Å². The van der Waals surface area contributed by atoms with E-state index in [-0.39, 0.29) is 12.2 Å². The number of alkyl halides is 1. The standard InChI is InChI=1S/C20H36FN5O/c1-13-6-8-22-16-12-23-26-10-7-19(24-20(16)26)25-9-2-3-17(25)15-11-14(21)4-5-18(15)27-13/h13-20,22-24H,2-12H2,1H3/t13-,14?,15?,16?,17?,18?,19?,20?/m0/s1. The first-order valence-corrected chi connectivity index (χ1v) is 11.2. The topological polar surface area (TPSA) is 51.8 Å². The van der Waals surface area contributed by atoms with Gasteiger partial charge in [0.25, 0.3) is 0 Å². The summed E-state index contributed by atoms with van der Waals surface area (Å²) in [7, 11) is 0. The minimum atomic E-state index is -0.650. The summed E-state index contributed by atoms with van der Waals surface area (Å²) in [6.45, 7) is 6.37. The number of rotatable bonds is 0. The molecule has 7 heteroatoms. The number of ether oxygens (including phenoxy) is 1. The molecule has 1 saturated carbocycles. The third kappa shape index (κ3) is 3.67. The zero-order chi connectivity index (χ0) is 18.4. The molecule has 4 aliphatic heterocycles. The molecule has 0 aromatic carbocycles. The molecule has 4 heterocycles. The summed E-state index contributed by atoms with van der Waals surface area (Å²) in [5, 5.41) is 10.1. The van der Waals surface area contributed by atoms with E-state index in [1.54, 1.807) is 0 Å². The maximum absolute atomic E-state index is 14.4. The maximum Gasteiger partial charge on any atom is 0.101 e. The van der Waals surface area contributed by atoms with Gasteiger partial charge in [0.1, 0.15) is 6.17 Å². The molecule has 154 valence electrons. The molecule has 0 spiro atoms. The van der Waals surface area contributed by atoms with E-state index in [9.17, 15) is 4.39 Å². The van der Waals surface area contributed by atoms with Crippen LogP contribution in [0.2, 0.25) is 0 Å². The molecule has 2 bridgehead atoms. The van der Waals surface area contributed by atoms with Crippen LogP contribution in [-0.4, -0.2) is 78.9 Å². The first-order chi connectivity index (χ1) is 13.2. The van der Waals surface area contributed by atoms with Crippen LogP contribution in [0.4, 0.5) is 4.39 Å². The second-order valence-corrected chi connectivity index (χ2v) is 9.33. The van der Waals surface area contributed by atoms with Crippen LogP contribution >= 0.6 is 0 Å². The molecule has 5 rings (SSSR count). The van der Waals surface area contributed by atoms with Crippen LogP contribution in [0.1, 0.15) is 51.9 Å². The highest BCUT2D eigenvalue weighted by atomic mass is 19.1. The minimum Gasteiger partial charge on any atom is -0.375 e. The normalized spacial score (nSPS) is 49.6. The first kappa shape index (κ1) is 18.7. The molecule has 8 atom stereocenters. The SMILES string of the molecule is C[C@H]1CCNC2CNN3CCC(NC23)N2CCCC2C2CC(F)CCC2O1. The molecule has 7 unspecified atom stereocenters. The van der Waals surface area contributed by atoms with Crippen LogP contribution in [0.15, 0.2) is 0 Å². The fraction of sp³-hybridized carbons (Fsp3) is 1.00. The van der Waals surface area contributed by atoms with Gasteiger partial charge >= 0.3 is 0 Å². The Morgan fingerprint density at radius 3 is 2.93 bits per heavy atom. The zero-order valence-electron chi connectivity index (χ0n) is 16.6. The molecule has 6 nitrogen and oxygen atoms in total. The lowest BCUT2D eigenvalue weighted by Gasteiger charge is -2.46. The number of hydrogen-bond acceptors (Lipinski definition) is 6. The Morgan fingerprint density at radius 1 is 1.07 bits per heavy atom. The number of halogens is 1. The molecule has 0 amide bonds. The molecule has 0 aromatic heterocycles. The van der Waals surface area contributed by atoms with Gasteiger partial charge in [-0.1, -0.05) is 0 Å². The van der Waals surface area contributed by atoms with E-state index in [4.69, 9.17) is 4.74 Å². The van der Waals surface area contributed by atoms with E-state index in [0.717, 1.165) is 45.4 Å². The van der Waals surface area contributed by atoms with Gasteiger partial charge in [0, 0.05) is 25.0 Å². The van der Waals surface area contributed by atoms with E-state index in [2.05, 4.69) is 32.9 Å². The number of nitrogens with one attached hydrogen (secondary N) is 3. The molecule has 3 N–H and O–H groups in total. The van der Waals surface area contributed by atoms with Crippen molar-refractivity contribution >= 4 is 0 Å². The van der Waals surface area contributed by atoms with Crippen LogP contribution in [0.3, 0.4) is 0 Å². The second-order valence-electron chi connectivity index (χ2n) is 9.33. The number of hydrogen-bond donors (Lipinski definition) is 3. The summed E-state index contributed by atoms with van der Waals surface area (Å²) in [6, 6.07) is 0.894. The summed E-state index contributed by atoms with van der Waals surface area (Å²) < 4.78 is 20.9. The van der Waals surface area contributed by atoms with Crippen LogP contribution in [0.5, 0.6) is 0 Å². The van der Waals surface area contributed by atoms with Gasteiger partial charge in [-0.25, -0.2) is 9.40 Å². The van der Waals surface area contributed by atoms with Crippen LogP contribution in [0, 0.1) is 5.92 Å². The highest BCUT2D eigenvalue weighted by molar-refractivity contribution is 4.99. The molecule has 0 radical (unpaired) electrons. The summed E-state index contributed by atoms with van der Waals surface area (Å²) in [5.41, 5.74) is 3.56. The molecule has 5 aliphatic rings. The lowest BCUT2D eigenvalue weighted by Crippen LogP contribution is -2.65. The predicted octanol–water partition coefficient (Wildman–Crippen LogP) is 1.19. The molecule has 4 saturated heterocycles. The Bertz CT molecular complexity index is 525. The van der Waals surface area contributed by atoms with Crippen LogP contribution < -0.4 is 16.1 Å². The van der Waals surface area contributed by atoms with E-state index in [1.165, 1.54) is 12.8 Å². The van der Waals surface area contributed by atoms with Crippen molar-refractivity contribution in [3.05, 3.63) is 0 Å². The van der Waals surface area contributed by atoms with Crippen LogP contribution in [-0.2, 0) is 4.74 Å². The lowest BCUT2D eigenvalue weighted by molar-refractivity contribution is -0.0919. The Labute approximate surface area is 162 Å². The summed E-state index contributed by atoms with van der Waals surface area (Å²) in [4.78, 5) is 2.67. The van der Waals surface area contributed by atoms with Crippen molar-refractivity contribution in [2.24, 2.45) is 5.92 Å². The van der Waals surface area contributed by atoms with Gasteiger partial charge in [-0.2, -0.15) is 0 Å². The average Bonchev–Trinajstić information content (AvgIpc) is 3.29. The third-order valence-corrected chi connectivity index (χ3v) is 7.61. The zero-order valence-corrected chi connectivity index (χ0v) is 16.6. The predicted molar refractivity (Wildman–Crippen MR) is 103 cm³/mol. The molecular formula is C20H36FN5O. The molecule has 1 aliphatic carbocycles. The number of hydrazine groups is 1. The number of fused-ring (bicyclic) bond motifs is 5. The summed E-state index contributed by atoms with van der Waals surface area (Å²) >= 11 is 0. The van der Waals surface area contributed by atoms with Crippen molar-refractivity contribution in [3.63, 3.8) is 0 Å². The van der Waals surface area contributed by atoms with Gasteiger partial charge in [-0.3, -0.25) is 15.6 Å². The Morgan fingerprint density at radius 2 is 2.00 bits per heavy atom. The third-order valence-electron chi connectivity index (χ3n) is 7.61. The van der Waals surface area contributed by atoms with E-state index < -0.39 is 6.17 Å². The van der Waals surface area contributed by atoms with E-state index in [0.29, 0.717) is 43.2 Å². The van der Waals surface area contributed by atoms with E-state index >= 15 is 0 Å². The summed E-state index contributed by atoms with van der Waals surface area (Å²) in [5.74, 6) is 0.338. The fourth-order valence-electron chi connectivity index (χ4n) is 6.25. The van der Waals surface area contributed by atoms with Crippen molar-refractivity contribution in [1.29, 1.82) is 0 Å². The second kappa shape index (κ2) is 7.84. The molecule has 0 aromatic rings. The quantitative estimate of drug-likeness (QED) is 0.586. The Balaban J connectivity index is 1.41. The van der Waals surface area contributed by atoms with Gasteiger partial charge in [0.15, 0.2) is 0 Å². The van der Waals surface area contributed by atoms with Gasteiger partial charge in [0.2, 0.25) is 0 Å². The van der Waals surface area contributed by atoms with Gasteiger partial charge < -0.3 is 10.1 Å². The van der Waals surface area contributed by atoms with Crippen molar-refractivity contribution in [3.8, 4) is 0 Å². The van der Waals surface area contributed by atoms with E-state index in [1.807, 2.05) is 0 Å². The molecule has 5 fully saturated rings. The monoisotopic (exact) mass is 381 g/mol. The van der Waals surface area contributed by atoms with Crippen molar-refractivity contribution < 1.29 is 9.13 Å². The molecule has 27 heavy (non-hydrogen) atoms. The average molecular weight is 382 g/mol. The van der Waals surface area contributed by atoms with Gasteiger partial charge in [-0.15, -0.1) is 0 Å². The largest absolute Gasteiger partial charge is 0.375 e. The van der Waals surface area contributed by atoms with Crippen LogP contribution in [0.25, 0.3) is 0 Å². The highest BCUT2D eigenvalue weighted by Crippen LogP contribution is 2.39. The highest BCUT2D eigenvalue weighted by Gasteiger charge is 2.46. The Hall–Kier alpha value is -0.310. The van der Waals surface area contributed by atoms with Crippen molar-refractivity contribution in [2.45, 2.75) is 94.7 Å². The maximum atomic E-state index is 14.4. The Kier molecular flexibility index (Phi) is 5.43. The molecular weight excluding hydrogens is 345 g/mol. The first-order valence-electron chi connectivity index (χ1n) is 11.2. The van der Waals surface area contributed by atoms with Crippen molar-refractivity contribution in [1.82, 2.24) is 26.0 Å². The lowest BCUT2D eigenvalue weighted by atomic mass is 9.79. The minimum absolute atomic E-state index is 0.222. The van der Waals surface area contributed by atoms with Gasteiger partial charge in [0.05, 0.1) is 30.6 Å². The smallest absolute Gasteiger partial charge is 0.101 e. The summed E-state index contributed by atoms with van der Waals surface area (Å²) in [6.07, 6.45) is 7.36. The van der Waals surface area contributed by atoms with Crippen molar-refractivity contribution in [2.75, 3.05) is 26.2 Å². The number of nitrogens with zero attached hydrogens (tertiary/aromatic N) is 2. The fourth-order valence-corrected chi connectivity index (χ4v) is 6.25.